The summed E-state index contributed by atoms with van der Waals surface area (Å²) in [6, 6.07) is 12.4. The molecule has 1 N–H and O–H groups in total. The molecular weight excluding hydrogens is 316 g/mol. The van der Waals surface area contributed by atoms with E-state index in [0.29, 0.717) is 22.1 Å². The van der Waals surface area contributed by atoms with E-state index in [0.717, 1.165) is 5.56 Å². The summed E-state index contributed by atoms with van der Waals surface area (Å²) in [7, 11) is 1.68. The molecule has 1 heterocycles. The highest BCUT2D eigenvalue weighted by Gasteiger charge is 2.22. The molecule has 0 unspecified atom stereocenters. The van der Waals surface area contributed by atoms with Crippen LogP contribution >= 0.6 is 11.6 Å². The number of carbonyl (C=O) groups is 2. The molecule has 0 radical (unpaired) electrons. The third-order valence-electron chi connectivity index (χ3n) is 3.61. The molecule has 0 aliphatic carbocycles. The molecule has 0 bridgehead atoms. The Morgan fingerprint density at radius 3 is 2.74 bits per heavy atom. The van der Waals surface area contributed by atoms with Crippen molar-refractivity contribution in [1.82, 2.24) is 0 Å². The van der Waals surface area contributed by atoms with Gasteiger partial charge < -0.3 is 15.0 Å². The Bertz CT molecular complexity index is 759. The van der Waals surface area contributed by atoms with Gasteiger partial charge in [0.05, 0.1) is 12.1 Å². The van der Waals surface area contributed by atoms with Gasteiger partial charge in [-0.2, -0.15) is 0 Å². The van der Waals surface area contributed by atoms with E-state index in [2.05, 4.69) is 5.32 Å². The maximum absolute atomic E-state index is 12.1. The fourth-order valence-corrected chi connectivity index (χ4v) is 2.47. The third-order valence-corrected chi connectivity index (χ3v) is 3.86. The molecule has 23 heavy (non-hydrogen) atoms. The Labute approximate surface area is 138 Å². The van der Waals surface area contributed by atoms with Gasteiger partial charge in [-0.3, -0.25) is 9.59 Å². The molecule has 2 aromatic rings. The molecule has 2 amide bonds. The lowest BCUT2D eigenvalue weighted by molar-refractivity contribution is -0.121. The predicted octanol–water partition coefficient (Wildman–Crippen LogP) is 2.88. The summed E-state index contributed by atoms with van der Waals surface area (Å²) in [6.45, 7) is 0.0335. The fraction of sp³-hybridized carbons (Fsp3) is 0.176. The number of fused-ring (bicyclic) bond motifs is 1. The Balaban J connectivity index is 1.71. The number of nitrogens with one attached hydrogen (secondary N) is 1. The van der Waals surface area contributed by atoms with Crippen LogP contribution in [0.25, 0.3) is 0 Å². The van der Waals surface area contributed by atoms with Crippen molar-refractivity contribution in [3.05, 3.63) is 53.1 Å². The van der Waals surface area contributed by atoms with Crippen LogP contribution < -0.4 is 15.0 Å². The Morgan fingerprint density at radius 2 is 2.00 bits per heavy atom. The monoisotopic (exact) mass is 330 g/mol. The van der Waals surface area contributed by atoms with Gasteiger partial charge in [0.15, 0.2) is 6.61 Å². The molecule has 0 saturated heterocycles. The quantitative estimate of drug-likeness (QED) is 0.941. The minimum Gasteiger partial charge on any atom is -0.482 e. The van der Waals surface area contributed by atoms with Crippen molar-refractivity contribution in [2.24, 2.45) is 0 Å². The number of benzene rings is 2. The lowest BCUT2D eigenvalue weighted by Crippen LogP contribution is -2.35. The summed E-state index contributed by atoms with van der Waals surface area (Å²) < 4.78 is 5.36. The molecule has 1 aliphatic heterocycles. The van der Waals surface area contributed by atoms with Gasteiger partial charge in [-0.05, 0) is 35.9 Å². The average Bonchev–Trinajstić information content (AvgIpc) is 2.53. The fourth-order valence-electron chi connectivity index (χ4n) is 2.34. The summed E-state index contributed by atoms with van der Waals surface area (Å²) >= 11 is 5.83. The standard InChI is InChI=1S/C17H15ClN2O3/c1-20-14-9-13(6-7-15(14)23-10-17(20)22)19-16(21)8-11-2-4-12(18)5-3-11/h2-7,9H,8,10H2,1H3,(H,19,21). The Kier molecular flexibility index (Phi) is 4.21. The van der Waals surface area contributed by atoms with Gasteiger partial charge in [-0.1, -0.05) is 23.7 Å². The molecule has 6 heteroatoms. The largest absolute Gasteiger partial charge is 0.482 e. The lowest BCUT2D eigenvalue weighted by Gasteiger charge is -2.26. The molecule has 0 spiro atoms. The van der Waals surface area contributed by atoms with Crippen molar-refractivity contribution in [3.8, 4) is 5.75 Å². The highest BCUT2D eigenvalue weighted by Crippen LogP contribution is 2.33. The van der Waals surface area contributed by atoms with Crippen LogP contribution in [0, 0.1) is 0 Å². The maximum Gasteiger partial charge on any atom is 0.264 e. The molecule has 0 saturated carbocycles. The Hall–Kier alpha value is -2.53. The summed E-state index contributed by atoms with van der Waals surface area (Å²) in [4.78, 5) is 25.3. The molecule has 0 aromatic heterocycles. The molecule has 0 fully saturated rings. The highest BCUT2D eigenvalue weighted by atomic mass is 35.5. The van der Waals surface area contributed by atoms with E-state index in [1.54, 1.807) is 37.4 Å². The number of anilines is 2. The minimum atomic E-state index is -0.141. The number of amides is 2. The van der Waals surface area contributed by atoms with E-state index >= 15 is 0 Å². The first-order valence-electron chi connectivity index (χ1n) is 7.10. The van der Waals surface area contributed by atoms with Gasteiger partial charge >= 0.3 is 0 Å². The van der Waals surface area contributed by atoms with Crippen LogP contribution in [-0.4, -0.2) is 25.5 Å². The van der Waals surface area contributed by atoms with Gasteiger partial charge in [-0.15, -0.1) is 0 Å². The van der Waals surface area contributed by atoms with Crippen molar-refractivity contribution >= 4 is 34.8 Å². The summed E-state index contributed by atoms with van der Waals surface area (Å²) in [6.07, 6.45) is 0.250. The zero-order valence-electron chi connectivity index (χ0n) is 12.5. The van der Waals surface area contributed by atoms with Crippen LogP contribution in [0.5, 0.6) is 5.75 Å². The van der Waals surface area contributed by atoms with Gasteiger partial charge in [0.2, 0.25) is 5.91 Å². The third kappa shape index (κ3) is 3.46. The number of halogens is 1. The van der Waals surface area contributed by atoms with Crippen molar-refractivity contribution in [1.29, 1.82) is 0 Å². The normalized spacial score (nSPS) is 13.3. The van der Waals surface area contributed by atoms with E-state index in [-0.39, 0.29) is 24.8 Å². The summed E-state index contributed by atoms with van der Waals surface area (Å²) in [5, 5.41) is 3.46. The molecule has 5 nitrogen and oxygen atoms in total. The second-order valence-electron chi connectivity index (χ2n) is 5.28. The van der Waals surface area contributed by atoms with Crippen LogP contribution in [0.3, 0.4) is 0 Å². The van der Waals surface area contributed by atoms with Crippen LogP contribution in [0.15, 0.2) is 42.5 Å². The van der Waals surface area contributed by atoms with E-state index < -0.39 is 0 Å². The molecule has 0 atom stereocenters. The second-order valence-corrected chi connectivity index (χ2v) is 5.71. The number of likely N-dealkylation sites (N-methyl/N-ethyl adjacent to an activating group) is 1. The van der Waals surface area contributed by atoms with Gasteiger partial charge in [-0.25, -0.2) is 0 Å². The van der Waals surface area contributed by atoms with Crippen molar-refractivity contribution in [2.75, 3.05) is 23.9 Å². The molecular formula is C17H15ClN2O3. The van der Waals surface area contributed by atoms with Crippen LogP contribution in [0.2, 0.25) is 5.02 Å². The number of hydrogen-bond acceptors (Lipinski definition) is 3. The minimum absolute atomic E-state index is 0.0335. The first kappa shape index (κ1) is 15.4. The van der Waals surface area contributed by atoms with Gasteiger partial charge in [0.1, 0.15) is 5.75 Å². The predicted molar refractivity (Wildman–Crippen MR) is 89.1 cm³/mol. The zero-order chi connectivity index (χ0) is 16.4. The van der Waals surface area contributed by atoms with Crippen molar-refractivity contribution in [2.45, 2.75) is 6.42 Å². The maximum atomic E-state index is 12.1. The van der Waals surface area contributed by atoms with Crippen LogP contribution in [-0.2, 0) is 16.0 Å². The van der Waals surface area contributed by atoms with Gasteiger partial charge in [0.25, 0.3) is 5.91 Å². The zero-order valence-corrected chi connectivity index (χ0v) is 13.3. The molecule has 118 valence electrons. The number of hydrogen-bond donors (Lipinski definition) is 1. The SMILES string of the molecule is CN1C(=O)COc2ccc(NC(=O)Cc3ccc(Cl)cc3)cc21. The first-order chi connectivity index (χ1) is 11.0. The van der Waals surface area contributed by atoms with E-state index in [1.165, 1.54) is 4.90 Å². The Morgan fingerprint density at radius 1 is 1.26 bits per heavy atom. The van der Waals surface area contributed by atoms with Crippen LogP contribution in [0.1, 0.15) is 5.56 Å². The second kappa shape index (κ2) is 6.30. The molecule has 3 rings (SSSR count). The first-order valence-corrected chi connectivity index (χ1v) is 7.48. The van der Waals surface area contributed by atoms with Crippen molar-refractivity contribution < 1.29 is 14.3 Å². The highest BCUT2D eigenvalue weighted by molar-refractivity contribution is 6.30. The topological polar surface area (TPSA) is 58.6 Å². The van der Waals surface area contributed by atoms with Crippen LogP contribution in [0.4, 0.5) is 11.4 Å². The number of nitrogens with zero attached hydrogens (tertiary/aromatic N) is 1. The summed E-state index contributed by atoms with van der Waals surface area (Å²) in [5.74, 6) is 0.364. The molecule has 2 aromatic carbocycles. The summed E-state index contributed by atoms with van der Waals surface area (Å²) in [5.41, 5.74) is 2.14. The molecule has 1 aliphatic rings. The van der Waals surface area contributed by atoms with Gasteiger partial charge in [0, 0.05) is 17.8 Å². The van der Waals surface area contributed by atoms with E-state index in [4.69, 9.17) is 16.3 Å². The number of carbonyl (C=O) groups excluding carboxylic acids is 2. The average molecular weight is 331 g/mol. The van der Waals surface area contributed by atoms with E-state index in [9.17, 15) is 9.59 Å². The smallest absolute Gasteiger partial charge is 0.264 e. The lowest BCUT2D eigenvalue weighted by atomic mass is 10.1. The number of rotatable bonds is 3. The van der Waals surface area contributed by atoms with E-state index in [1.807, 2.05) is 12.1 Å². The number of ether oxygens (including phenoxy) is 1. The van der Waals surface area contributed by atoms with Crippen molar-refractivity contribution in [3.63, 3.8) is 0 Å².